The van der Waals surface area contributed by atoms with Gasteiger partial charge in [0.05, 0.1) is 11.9 Å². The minimum Gasteiger partial charge on any atom is -0.380 e. The number of anilines is 1. The predicted molar refractivity (Wildman–Crippen MR) is 74.5 cm³/mol. The van der Waals surface area contributed by atoms with Gasteiger partial charge in [0.1, 0.15) is 4.47 Å². The van der Waals surface area contributed by atoms with E-state index < -0.39 is 0 Å². The first kappa shape index (κ1) is 14.2. The van der Waals surface area contributed by atoms with E-state index in [-0.39, 0.29) is 5.56 Å². The van der Waals surface area contributed by atoms with E-state index in [2.05, 4.69) is 40.2 Å². The lowest BCUT2D eigenvalue weighted by Crippen LogP contribution is -2.25. The summed E-state index contributed by atoms with van der Waals surface area (Å²) in [5.41, 5.74) is 0.698. The van der Waals surface area contributed by atoms with Gasteiger partial charge in [-0.15, -0.1) is 0 Å². The second-order valence-corrected chi connectivity index (χ2v) is 4.97. The second kappa shape index (κ2) is 6.79. The van der Waals surface area contributed by atoms with Crippen LogP contribution in [0.4, 0.5) is 5.69 Å². The standard InChI is InChI=1S/C12H20BrN3O/c1-4-6-7-9(3)15-10-8-14-16(5-2)12(17)11(10)13/h8-9,15H,4-7H2,1-3H3. The molecule has 0 saturated heterocycles. The van der Waals surface area contributed by atoms with Gasteiger partial charge in [-0.2, -0.15) is 5.10 Å². The van der Waals surface area contributed by atoms with E-state index in [0.29, 0.717) is 17.1 Å². The van der Waals surface area contributed by atoms with Gasteiger partial charge in [-0.05, 0) is 36.2 Å². The molecule has 1 N–H and O–H groups in total. The first-order valence-electron chi connectivity index (χ1n) is 6.12. The largest absolute Gasteiger partial charge is 0.380 e. The van der Waals surface area contributed by atoms with Gasteiger partial charge in [0.15, 0.2) is 0 Å². The van der Waals surface area contributed by atoms with Crippen molar-refractivity contribution in [1.82, 2.24) is 9.78 Å². The van der Waals surface area contributed by atoms with Crippen molar-refractivity contribution in [3.05, 3.63) is 21.0 Å². The van der Waals surface area contributed by atoms with Crippen molar-refractivity contribution in [3.8, 4) is 0 Å². The van der Waals surface area contributed by atoms with E-state index in [0.717, 1.165) is 12.1 Å². The molecule has 1 heterocycles. The average molecular weight is 302 g/mol. The minimum absolute atomic E-state index is 0.0832. The first-order chi connectivity index (χ1) is 8.10. The van der Waals surface area contributed by atoms with Gasteiger partial charge in [0.25, 0.3) is 5.56 Å². The summed E-state index contributed by atoms with van der Waals surface area (Å²) in [6.45, 7) is 6.78. The summed E-state index contributed by atoms with van der Waals surface area (Å²) in [4.78, 5) is 11.8. The van der Waals surface area contributed by atoms with Gasteiger partial charge < -0.3 is 5.32 Å². The SMILES string of the molecule is CCCCC(C)Nc1cnn(CC)c(=O)c1Br. The van der Waals surface area contributed by atoms with Gasteiger partial charge in [-0.1, -0.05) is 19.8 Å². The molecule has 1 unspecified atom stereocenters. The van der Waals surface area contributed by atoms with Crippen LogP contribution in [0.2, 0.25) is 0 Å². The maximum Gasteiger partial charge on any atom is 0.283 e. The number of hydrogen-bond acceptors (Lipinski definition) is 3. The number of aromatic nitrogens is 2. The van der Waals surface area contributed by atoms with Crippen molar-refractivity contribution >= 4 is 21.6 Å². The van der Waals surface area contributed by atoms with Gasteiger partial charge in [0, 0.05) is 12.6 Å². The molecule has 96 valence electrons. The normalized spacial score (nSPS) is 12.5. The fourth-order valence-electron chi connectivity index (χ4n) is 1.64. The van der Waals surface area contributed by atoms with E-state index in [1.54, 1.807) is 6.20 Å². The monoisotopic (exact) mass is 301 g/mol. The molecular weight excluding hydrogens is 282 g/mol. The molecular formula is C12H20BrN3O. The van der Waals surface area contributed by atoms with Crippen molar-refractivity contribution < 1.29 is 0 Å². The molecule has 0 fully saturated rings. The third-order valence-electron chi connectivity index (χ3n) is 2.68. The Balaban J connectivity index is 2.79. The van der Waals surface area contributed by atoms with Crippen molar-refractivity contribution in [2.45, 2.75) is 52.6 Å². The number of nitrogens with one attached hydrogen (secondary N) is 1. The molecule has 0 spiro atoms. The maximum absolute atomic E-state index is 11.8. The highest BCUT2D eigenvalue weighted by molar-refractivity contribution is 9.10. The Labute approximate surface area is 111 Å². The molecule has 1 rings (SSSR count). The van der Waals surface area contributed by atoms with E-state index in [9.17, 15) is 4.79 Å². The number of halogens is 1. The highest BCUT2D eigenvalue weighted by Crippen LogP contribution is 2.18. The highest BCUT2D eigenvalue weighted by Gasteiger charge is 2.09. The van der Waals surface area contributed by atoms with E-state index in [4.69, 9.17) is 0 Å². The molecule has 1 atom stereocenters. The zero-order valence-electron chi connectivity index (χ0n) is 10.7. The zero-order chi connectivity index (χ0) is 12.8. The smallest absolute Gasteiger partial charge is 0.283 e. The molecule has 0 amide bonds. The van der Waals surface area contributed by atoms with Gasteiger partial charge >= 0.3 is 0 Å². The molecule has 0 bridgehead atoms. The Bertz CT molecular complexity index is 417. The summed E-state index contributed by atoms with van der Waals surface area (Å²) in [6, 6.07) is 0.352. The molecule has 0 aliphatic heterocycles. The van der Waals surface area contributed by atoms with Crippen LogP contribution in [0, 0.1) is 0 Å². The summed E-state index contributed by atoms with van der Waals surface area (Å²) in [5.74, 6) is 0. The van der Waals surface area contributed by atoms with E-state index >= 15 is 0 Å². The van der Waals surface area contributed by atoms with Crippen LogP contribution in [-0.4, -0.2) is 15.8 Å². The molecule has 0 radical (unpaired) electrons. The molecule has 1 aromatic heterocycles. The Morgan fingerprint density at radius 3 is 2.82 bits per heavy atom. The minimum atomic E-state index is -0.0832. The summed E-state index contributed by atoms with van der Waals surface area (Å²) in [5, 5.41) is 7.42. The molecule has 5 heteroatoms. The third-order valence-corrected chi connectivity index (χ3v) is 3.44. The average Bonchev–Trinajstić information content (AvgIpc) is 2.33. The van der Waals surface area contributed by atoms with Crippen LogP contribution in [0.3, 0.4) is 0 Å². The molecule has 0 aliphatic rings. The first-order valence-corrected chi connectivity index (χ1v) is 6.91. The van der Waals surface area contributed by atoms with Crippen LogP contribution >= 0.6 is 15.9 Å². The Morgan fingerprint density at radius 2 is 2.24 bits per heavy atom. The molecule has 0 aliphatic carbocycles. The topological polar surface area (TPSA) is 46.9 Å². The second-order valence-electron chi connectivity index (χ2n) is 4.18. The number of hydrogen-bond donors (Lipinski definition) is 1. The Hall–Kier alpha value is -0.840. The maximum atomic E-state index is 11.8. The molecule has 1 aromatic rings. The van der Waals surface area contributed by atoms with Crippen molar-refractivity contribution in [3.63, 3.8) is 0 Å². The Morgan fingerprint density at radius 1 is 1.53 bits per heavy atom. The summed E-state index contributed by atoms with van der Waals surface area (Å²) < 4.78 is 2.00. The zero-order valence-corrected chi connectivity index (χ0v) is 12.2. The van der Waals surface area contributed by atoms with Crippen molar-refractivity contribution in [2.75, 3.05) is 5.32 Å². The van der Waals surface area contributed by atoms with Crippen LogP contribution < -0.4 is 10.9 Å². The summed E-state index contributed by atoms with van der Waals surface area (Å²) >= 11 is 3.33. The predicted octanol–water partition coefficient (Wildman–Crippen LogP) is 3.02. The molecule has 17 heavy (non-hydrogen) atoms. The van der Waals surface area contributed by atoms with Crippen LogP contribution in [0.1, 0.15) is 40.0 Å². The van der Waals surface area contributed by atoms with E-state index in [1.807, 2.05) is 6.92 Å². The summed E-state index contributed by atoms with van der Waals surface area (Å²) in [6.07, 6.45) is 5.17. The van der Waals surface area contributed by atoms with Crippen molar-refractivity contribution in [2.24, 2.45) is 0 Å². The number of rotatable bonds is 6. The van der Waals surface area contributed by atoms with Gasteiger partial charge in [0.2, 0.25) is 0 Å². The lowest BCUT2D eigenvalue weighted by atomic mass is 10.1. The van der Waals surface area contributed by atoms with Crippen LogP contribution in [0.15, 0.2) is 15.5 Å². The van der Waals surface area contributed by atoms with E-state index in [1.165, 1.54) is 17.5 Å². The van der Waals surface area contributed by atoms with Crippen LogP contribution in [0.5, 0.6) is 0 Å². The third kappa shape index (κ3) is 3.84. The van der Waals surface area contributed by atoms with Crippen molar-refractivity contribution in [1.29, 1.82) is 0 Å². The summed E-state index contributed by atoms with van der Waals surface area (Å²) in [7, 11) is 0. The van der Waals surface area contributed by atoms with Gasteiger partial charge in [-0.25, -0.2) is 4.68 Å². The number of unbranched alkanes of at least 4 members (excludes halogenated alkanes) is 1. The molecule has 0 saturated carbocycles. The van der Waals surface area contributed by atoms with Gasteiger partial charge in [-0.3, -0.25) is 4.79 Å². The van der Waals surface area contributed by atoms with Crippen LogP contribution in [-0.2, 0) is 6.54 Å². The lowest BCUT2D eigenvalue weighted by molar-refractivity contribution is 0.608. The van der Waals surface area contributed by atoms with Crippen LogP contribution in [0.25, 0.3) is 0 Å². The fraction of sp³-hybridized carbons (Fsp3) is 0.667. The lowest BCUT2D eigenvalue weighted by Gasteiger charge is -2.16. The number of nitrogens with zero attached hydrogens (tertiary/aromatic N) is 2. The Kier molecular flexibility index (Phi) is 5.68. The number of aryl methyl sites for hydroxylation is 1. The fourth-order valence-corrected chi connectivity index (χ4v) is 2.06. The molecule has 0 aromatic carbocycles. The highest BCUT2D eigenvalue weighted by atomic mass is 79.9. The quantitative estimate of drug-likeness (QED) is 0.878. The molecule has 4 nitrogen and oxygen atoms in total.